The number of aromatic nitrogens is 1. The number of nitrogens with one attached hydrogen (secondary N) is 1. The number of hydrogen-bond acceptors (Lipinski definition) is 4. The Morgan fingerprint density at radius 1 is 1.07 bits per heavy atom. The van der Waals surface area contributed by atoms with Gasteiger partial charge in [0.2, 0.25) is 15.9 Å². The number of fused-ring (bicyclic) bond motifs is 1. The first kappa shape index (κ1) is 29.9. The summed E-state index contributed by atoms with van der Waals surface area (Å²) >= 11 is 5.87. The van der Waals surface area contributed by atoms with Gasteiger partial charge in [-0.3, -0.25) is 9.78 Å². The Bertz CT molecular complexity index is 1700. The normalized spacial score (nSPS) is 15.6. The van der Waals surface area contributed by atoms with Gasteiger partial charge in [-0.05, 0) is 91.3 Å². The molecule has 6 nitrogen and oxygen atoms in total. The average Bonchev–Trinajstić information content (AvgIpc) is 2.97. The van der Waals surface area contributed by atoms with Gasteiger partial charge in [0.1, 0.15) is 5.82 Å². The number of carbonyl (C=O) groups is 1. The van der Waals surface area contributed by atoms with E-state index in [0.717, 1.165) is 53.1 Å². The average molecular weight is 606 g/mol. The molecular formula is C33H33ClFN3O3S. The highest BCUT2D eigenvalue weighted by molar-refractivity contribution is 7.89. The molecule has 2 unspecified atom stereocenters. The molecule has 42 heavy (non-hydrogen) atoms. The monoisotopic (exact) mass is 605 g/mol. The van der Waals surface area contributed by atoms with E-state index in [1.165, 1.54) is 6.07 Å². The van der Waals surface area contributed by atoms with E-state index >= 15 is 0 Å². The maximum Gasteiger partial charge on any atom is 0.241 e. The van der Waals surface area contributed by atoms with Crippen molar-refractivity contribution in [3.8, 4) is 0 Å². The summed E-state index contributed by atoms with van der Waals surface area (Å²) in [7, 11) is -3.98. The summed E-state index contributed by atoms with van der Waals surface area (Å²) in [6.07, 6.45) is 2.49. The smallest absolute Gasteiger partial charge is 0.241 e. The Morgan fingerprint density at radius 3 is 2.60 bits per heavy atom. The Balaban J connectivity index is 1.47. The van der Waals surface area contributed by atoms with Gasteiger partial charge in [-0.2, -0.15) is 0 Å². The minimum Gasteiger partial charge on any atom is -0.306 e. The van der Waals surface area contributed by atoms with Crippen molar-refractivity contribution in [2.45, 2.75) is 62.9 Å². The summed E-state index contributed by atoms with van der Waals surface area (Å²) in [6.45, 7) is 4.23. The van der Waals surface area contributed by atoms with Crippen molar-refractivity contribution in [2.24, 2.45) is 0 Å². The van der Waals surface area contributed by atoms with Crippen molar-refractivity contribution in [3.63, 3.8) is 0 Å². The molecule has 0 aliphatic heterocycles. The van der Waals surface area contributed by atoms with E-state index in [-0.39, 0.29) is 28.3 Å². The molecule has 0 fully saturated rings. The third kappa shape index (κ3) is 6.89. The van der Waals surface area contributed by atoms with Crippen molar-refractivity contribution < 1.29 is 17.6 Å². The molecule has 5 rings (SSSR count). The lowest BCUT2D eigenvalue weighted by Gasteiger charge is -2.30. The fourth-order valence-corrected chi connectivity index (χ4v) is 6.94. The van der Waals surface area contributed by atoms with E-state index in [0.29, 0.717) is 18.5 Å². The molecule has 1 amide bonds. The van der Waals surface area contributed by atoms with Gasteiger partial charge in [-0.25, -0.2) is 17.5 Å². The second kappa shape index (κ2) is 12.7. The third-order valence-electron chi connectivity index (χ3n) is 7.67. The quantitative estimate of drug-likeness (QED) is 0.218. The van der Waals surface area contributed by atoms with Crippen LogP contribution in [0.3, 0.4) is 0 Å². The van der Waals surface area contributed by atoms with Crippen LogP contribution in [0.5, 0.6) is 0 Å². The predicted molar refractivity (Wildman–Crippen MR) is 163 cm³/mol. The van der Waals surface area contributed by atoms with Crippen molar-refractivity contribution in [2.75, 3.05) is 4.90 Å². The summed E-state index contributed by atoms with van der Waals surface area (Å²) in [6, 6.07) is 24.3. The zero-order valence-corrected chi connectivity index (χ0v) is 25.1. The maximum atomic E-state index is 13.9. The molecule has 0 saturated carbocycles. The van der Waals surface area contributed by atoms with Crippen molar-refractivity contribution in [1.82, 2.24) is 9.71 Å². The fourth-order valence-electron chi connectivity index (χ4n) is 5.42. The number of benzene rings is 3. The third-order valence-corrected chi connectivity index (χ3v) is 9.43. The molecular weight excluding hydrogens is 573 g/mol. The zero-order valence-electron chi connectivity index (χ0n) is 23.6. The van der Waals surface area contributed by atoms with Gasteiger partial charge < -0.3 is 4.90 Å². The second-order valence-corrected chi connectivity index (χ2v) is 12.9. The van der Waals surface area contributed by atoms with Gasteiger partial charge >= 0.3 is 0 Å². The van der Waals surface area contributed by atoms with Crippen LogP contribution in [-0.2, 0) is 27.8 Å². The first-order valence-electron chi connectivity index (χ1n) is 14.0. The van der Waals surface area contributed by atoms with E-state index in [1.54, 1.807) is 4.90 Å². The van der Waals surface area contributed by atoms with Crippen molar-refractivity contribution in [3.05, 3.63) is 124 Å². The van der Waals surface area contributed by atoms with Crippen LogP contribution in [0.1, 0.15) is 66.2 Å². The Hall–Kier alpha value is -3.59. The van der Waals surface area contributed by atoms with E-state index in [4.69, 9.17) is 11.6 Å². The molecule has 1 aliphatic rings. The molecule has 0 saturated heterocycles. The van der Waals surface area contributed by atoms with Crippen LogP contribution >= 0.6 is 11.6 Å². The zero-order chi connectivity index (χ0) is 29.9. The molecule has 3 aromatic carbocycles. The van der Waals surface area contributed by atoms with Gasteiger partial charge in [0.15, 0.2) is 0 Å². The lowest BCUT2D eigenvalue weighted by molar-refractivity contribution is -0.119. The van der Waals surface area contributed by atoms with Gasteiger partial charge in [0, 0.05) is 23.8 Å². The van der Waals surface area contributed by atoms with Crippen LogP contribution in [0, 0.1) is 12.7 Å². The number of halogens is 2. The maximum absolute atomic E-state index is 13.9. The molecule has 1 aliphatic carbocycles. The molecule has 4 aromatic rings. The molecule has 1 aromatic heterocycles. The van der Waals surface area contributed by atoms with Gasteiger partial charge in [0.25, 0.3) is 0 Å². The van der Waals surface area contributed by atoms with Crippen LogP contribution in [0.25, 0.3) is 0 Å². The van der Waals surface area contributed by atoms with Gasteiger partial charge in [0.05, 0.1) is 22.2 Å². The van der Waals surface area contributed by atoms with Crippen LogP contribution in [0.15, 0.2) is 89.8 Å². The van der Waals surface area contributed by atoms with Gasteiger partial charge in [-0.15, -0.1) is 0 Å². The van der Waals surface area contributed by atoms with Crippen LogP contribution in [-0.4, -0.2) is 19.3 Å². The molecule has 0 radical (unpaired) electrons. The second-order valence-electron chi connectivity index (χ2n) is 10.8. The standard InChI is InChI=1S/C33H33ClFN3O3S/c1-22(24-9-4-3-5-10-24)18-33(39)38(21-26-12-6-8-23(2)36-26)27-15-14-25-11-7-13-32(29(25)19-27)37-42(40,41)28-16-17-31(35)30(34)20-28/h3-6,8-10,12,14-17,19-20,22,32,37H,7,11,13,18,21H2,1-2H3. The summed E-state index contributed by atoms with van der Waals surface area (Å²) in [5.74, 6) is -0.729. The SMILES string of the molecule is Cc1cccc(CN(C(=O)CC(C)c2ccccc2)c2ccc3c(c2)C(NS(=O)(=O)c2ccc(F)c(Cl)c2)CCC3)n1. The number of aryl methyl sites for hydroxylation is 2. The van der Waals surface area contributed by atoms with E-state index in [9.17, 15) is 17.6 Å². The van der Waals surface area contributed by atoms with Crippen LogP contribution in [0.4, 0.5) is 10.1 Å². The highest BCUT2D eigenvalue weighted by Crippen LogP contribution is 2.35. The Kier molecular flexibility index (Phi) is 9.06. The van der Waals surface area contributed by atoms with E-state index in [1.807, 2.05) is 80.6 Å². The summed E-state index contributed by atoms with van der Waals surface area (Å²) < 4.78 is 43.0. The number of anilines is 1. The Labute approximate surface area is 251 Å². The van der Waals surface area contributed by atoms with E-state index < -0.39 is 21.9 Å². The number of amides is 1. The molecule has 1 N–H and O–H groups in total. The van der Waals surface area contributed by atoms with Crippen molar-refractivity contribution in [1.29, 1.82) is 0 Å². The highest BCUT2D eigenvalue weighted by Gasteiger charge is 2.28. The lowest BCUT2D eigenvalue weighted by Crippen LogP contribution is -2.33. The lowest BCUT2D eigenvalue weighted by atomic mass is 9.87. The van der Waals surface area contributed by atoms with Crippen LogP contribution < -0.4 is 9.62 Å². The molecule has 0 spiro atoms. The number of rotatable bonds is 9. The molecule has 9 heteroatoms. The Morgan fingerprint density at radius 2 is 1.86 bits per heavy atom. The highest BCUT2D eigenvalue weighted by atomic mass is 35.5. The number of pyridine rings is 1. The number of hydrogen-bond donors (Lipinski definition) is 1. The number of nitrogens with zero attached hydrogens (tertiary/aromatic N) is 2. The topological polar surface area (TPSA) is 79.4 Å². The summed E-state index contributed by atoms with van der Waals surface area (Å²) in [4.78, 5) is 20.2. The minimum absolute atomic E-state index is 0.00591. The first-order valence-corrected chi connectivity index (χ1v) is 15.8. The number of sulfonamides is 1. The largest absolute Gasteiger partial charge is 0.306 e. The van der Waals surface area contributed by atoms with Crippen LogP contribution in [0.2, 0.25) is 5.02 Å². The summed E-state index contributed by atoms with van der Waals surface area (Å²) in [5, 5.41) is -0.257. The molecule has 2 atom stereocenters. The molecule has 0 bridgehead atoms. The van der Waals surface area contributed by atoms with Gasteiger partial charge in [-0.1, -0.05) is 61.0 Å². The number of carbonyl (C=O) groups excluding carboxylic acids is 1. The molecule has 1 heterocycles. The summed E-state index contributed by atoms with van der Waals surface area (Å²) in [5.41, 5.74) is 5.23. The van der Waals surface area contributed by atoms with Crippen molar-refractivity contribution >= 4 is 33.2 Å². The van der Waals surface area contributed by atoms with E-state index in [2.05, 4.69) is 9.71 Å². The molecule has 218 valence electrons. The predicted octanol–water partition coefficient (Wildman–Crippen LogP) is 7.27. The fraction of sp³-hybridized carbons (Fsp3) is 0.273. The first-order chi connectivity index (χ1) is 20.1. The minimum atomic E-state index is -3.98.